The topological polar surface area (TPSA) is 126 Å². The Morgan fingerprint density at radius 3 is 2.21 bits per heavy atom. The second-order valence-electron chi connectivity index (χ2n) is 8.32. The van der Waals surface area contributed by atoms with Gasteiger partial charge in [-0.2, -0.15) is 0 Å². The van der Waals surface area contributed by atoms with Crippen LogP contribution in [0.2, 0.25) is 5.02 Å². The first-order valence-electron chi connectivity index (χ1n) is 11.2. The molecule has 0 saturated heterocycles. The predicted octanol–water partition coefficient (Wildman–Crippen LogP) is 4.49. The van der Waals surface area contributed by atoms with Crippen molar-refractivity contribution in [3.8, 4) is 0 Å². The minimum atomic E-state index is -3.97. The first-order chi connectivity index (χ1) is 18.0. The van der Waals surface area contributed by atoms with Crippen molar-refractivity contribution in [2.75, 3.05) is 16.7 Å². The normalized spacial score (nSPS) is 11.7. The number of rotatable bonds is 8. The zero-order valence-corrected chi connectivity index (χ0v) is 22.8. The van der Waals surface area contributed by atoms with Crippen molar-refractivity contribution >= 4 is 48.7 Å². The molecule has 0 atom stereocenters. The molecule has 1 aromatic heterocycles. The van der Waals surface area contributed by atoms with Crippen LogP contribution in [0.3, 0.4) is 0 Å². The van der Waals surface area contributed by atoms with Crippen molar-refractivity contribution in [3.63, 3.8) is 0 Å². The van der Waals surface area contributed by atoms with Gasteiger partial charge in [0.25, 0.3) is 15.9 Å². The highest BCUT2D eigenvalue weighted by molar-refractivity contribution is 7.92. The van der Waals surface area contributed by atoms with Crippen LogP contribution in [0.4, 0.5) is 11.4 Å². The van der Waals surface area contributed by atoms with E-state index in [1.807, 2.05) is 0 Å². The number of anilines is 2. The van der Waals surface area contributed by atoms with Crippen LogP contribution in [0, 0.1) is 6.92 Å². The highest BCUT2D eigenvalue weighted by Crippen LogP contribution is 2.24. The number of amides is 1. The first-order valence-corrected chi connectivity index (χ1v) is 14.7. The summed E-state index contributed by atoms with van der Waals surface area (Å²) in [5.74, 6) is -1.11. The van der Waals surface area contributed by atoms with Crippen LogP contribution in [0.15, 0.2) is 95.1 Å². The summed E-state index contributed by atoms with van der Waals surface area (Å²) in [7, 11) is -6.36. The molecule has 1 amide bonds. The molecule has 0 unspecified atom stereocenters. The fourth-order valence-electron chi connectivity index (χ4n) is 3.54. The number of nitrogens with one attached hydrogen (secondary N) is 1. The quantitative estimate of drug-likeness (QED) is 0.309. The molecule has 4 aromatic rings. The number of carbonyl (C=O) groups excluding carboxylic acids is 1. The van der Waals surface area contributed by atoms with Crippen LogP contribution in [0.1, 0.15) is 21.6 Å². The van der Waals surface area contributed by atoms with Gasteiger partial charge in [-0.1, -0.05) is 54.1 Å². The molecule has 38 heavy (non-hydrogen) atoms. The number of hydrogen-bond donors (Lipinski definition) is 1. The van der Waals surface area contributed by atoms with Gasteiger partial charge in [-0.15, -0.1) is 0 Å². The van der Waals surface area contributed by atoms with E-state index in [2.05, 4.69) is 15.3 Å². The molecule has 9 nitrogen and oxygen atoms in total. The third kappa shape index (κ3) is 5.85. The number of sulfonamides is 1. The van der Waals surface area contributed by atoms with Gasteiger partial charge in [-0.3, -0.25) is 9.10 Å². The highest BCUT2D eigenvalue weighted by atomic mass is 35.5. The van der Waals surface area contributed by atoms with Crippen LogP contribution in [-0.2, 0) is 25.6 Å². The van der Waals surface area contributed by atoms with Crippen LogP contribution >= 0.6 is 11.6 Å². The third-order valence-electron chi connectivity index (χ3n) is 5.71. The minimum absolute atomic E-state index is 0.0199. The molecule has 0 saturated carbocycles. The van der Waals surface area contributed by atoms with Gasteiger partial charge in [-0.25, -0.2) is 26.8 Å². The molecule has 0 fully saturated rings. The standard InChI is InChI=1S/C26H23ClN4O5S2/c1-18-8-6-7-9-19(18)17-37(33,34)26-28-16-23(27)24(30-26)25(32)29-20-12-14-22(15-13-20)38(35,36)31(2)21-10-4-3-5-11-21/h3-16H,17H2,1-2H3,(H,29,32). The number of para-hydroxylation sites is 1. The molecule has 0 aliphatic rings. The molecule has 3 aromatic carbocycles. The average Bonchev–Trinajstić information content (AvgIpc) is 2.90. The lowest BCUT2D eigenvalue weighted by molar-refractivity contribution is 0.102. The van der Waals surface area contributed by atoms with Crippen molar-refractivity contribution in [1.82, 2.24) is 9.97 Å². The number of sulfone groups is 1. The lowest BCUT2D eigenvalue weighted by Crippen LogP contribution is -2.26. The van der Waals surface area contributed by atoms with Crippen molar-refractivity contribution < 1.29 is 21.6 Å². The summed E-state index contributed by atoms with van der Waals surface area (Å²) in [5, 5.41) is 1.89. The molecule has 0 bridgehead atoms. The number of halogens is 1. The Balaban J connectivity index is 1.53. The van der Waals surface area contributed by atoms with Crippen LogP contribution < -0.4 is 9.62 Å². The van der Waals surface area contributed by atoms with Gasteiger partial charge in [0.2, 0.25) is 15.0 Å². The molecule has 1 N–H and O–H groups in total. The largest absolute Gasteiger partial charge is 0.321 e. The van der Waals surface area contributed by atoms with Gasteiger partial charge in [-0.05, 0) is 54.4 Å². The third-order valence-corrected chi connectivity index (χ3v) is 9.23. The van der Waals surface area contributed by atoms with Crippen LogP contribution in [0.5, 0.6) is 0 Å². The maximum absolute atomic E-state index is 13.0. The smallest absolute Gasteiger partial charge is 0.275 e. The van der Waals surface area contributed by atoms with Crippen LogP contribution in [0.25, 0.3) is 0 Å². The van der Waals surface area contributed by atoms with Crippen molar-refractivity contribution in [3.05, 3.63) is 107 Å². The first kappa shape index (κ1) is 27.2. The Morgan fingerprint density at radius 1 is 0.921 bits per heavy atom. The van der Waals surface area contributed by atoms with E-state index in [9.17, 15) is 21.6 Å². The van der Waals surface area contributed by atoms with Gasteiger partial charge in [0.15, 0.2) is 5.69 Å². The van der Waals surface area contributed by atoms with E-state index in [0.29, 0.717) is 11.3 Å². The summed E-state index contributed by atoms with van der Waals surface area (Å²) >= 11 is 6.11. The van der Waals surface area contributed by atoms with Gasteiger partial charge >= 0.3 is 0 Å². The van der Waals surface area contributed by atoms with Gasteiger partial charge in [0, 0.05) is 12.7 Å². The molecule has 0 radical (unpaired) electrons. The Bertz CT molecular complexity index is 1700. The van der Waals surface area contributed by atoms with E-state index in [1.54, 1.807) is 61.5 Å². The maximum atomic E-state index is 13.0. The summed E-state index contributed by atoms with van der Waals surface area (Å²) < 4.78 is 52.9. The second kappa shape index (κ2) is 10.9. The van der Waals surface area contributed by atoms with E-state index < -0.39 is 30.9 Å². The van der Waals surface area contributed by atoms with Crippen LogP contribution in [-0.4, -0.2) is 39.8 Å². The molecule has 12 heteroatoms. The molecular weight excluding hydrogens is 548 g/mol. The number of aryl methyl sites for hydroxylation is 1. The van der Waals surface area contributed by atoms with E-state index in [0.717, 1.165) is 16.1 Å². The summed E-state index contributed by atoms with van der Waals surface area (Å²) in [6, 6.07) is 21.1. The van der Waals surface area contributed by atoms with Gasteiger partial charge < -0.3 is 5.32 Å². The Kier molecular flexibility index (Phi) is 7.81. The van der Waals surface area contributed by atoms with Crippen molar-refractivity contribution in [1.29, 1.82) is 0 Å². The number of carbonyl (C=O) groups is 1. The monoisotopic (exact) mass is 570 g/mol. The average molecular weight is 571 g/mol. The van der Waals surface area contributed by atoms with Crippen molar-refractivity contribution in [2.45, 2.75) is 22.7 Å². The van der Waals surface area contributed by atoms with E-state index >= 15 is 0 Å². The number of aromatic nitrogens is 2. The maximum Gasteiger partial charge on any atom is 0.275 e. The lowest BCUT2D eigenvalue weighted by Gasteiger charge is -2.19. The number of nitrogens with zero attached hydrogens (tertiary/aromatic N) is 3. The Morgan fingerprint density at radius 2 is 1.55 bits per heavy atom. The predicted molar refractivity (Wildman–Crippen MR) is 146 cm³/mol. The molecule has 196 valence electrons. The molecule has 1 heterocycles. The SMILES string of the molecule is Cc1ccccc1CS(=O)(=O)c1ncc(Cl)c(C(=O)Nc2ccc(S(=O)(=O)N(C)c3ccccc3)cc2)n1. The van der Waals surface area contributed by atoms with Crippen molar-refractivity contribution in [2.24, 2.45) is 0 Å². The lowest BCUT2D eigenvalue weighted by atomic mass is 10.1. The Hall–Kier alpha value is -3.80. The van der Waals surface area contributed by atoms with E-state index in [4.69, 9.17) is 11.6 Å². The summed E-state index contributed by atoms with van der Waals surface area (Å²) in [4.78, 5) is 20.7. The summed E-state index contributed by atoms with van der Waals surface area (Å²) in [5.41, 5.74) is 1.81. The number of hydrogen-bond acceptors (Lipinski definition) is 7. The van der Waals surface area contributed by atoms with E-state index in [1.165, 1.54) is 31.3 Å². The van der Waals surface area contributed by atoms with Gasteiger partial charge in [0.05, 0.1) is 27.6 Å². The second-order valence-corrected chi connectivity index (χ2v) is 12.6. The number of benzene rings is 3. The van der Waals surface area contributed by atoms with Gasteiger partial charge in [0.1, 0.15) is 0 Å². The Labute approximate surface area is 226 Å². The molecule has 0 aliphatic heterocycles. The van der Waals surface area contributed by atoms with E-state index in [-0.39, 0.29) is 27.1 Å². The zero-order valence-electron chi connectivity index (χ0n) is 20.4. The minimum Gasteiger partial charge on any atom is -0.321 e. The molecular formula is C26H23ClN4O5S2. The molecule has 0 spiro atoms. The molecule has 4 rings (SSSR count). The fourth-order valence-corrected chi connectivity index (χ4v) is 6.22. The molecule has 0 aliphatic carbocycles. The summed E-state index contributed by atoms with van der Waals surface area (Å²) in [6.07, 6.45) is 1.06. The zero-order chi connectivity index (χ0) is 27.5. The highest BCUT2D eigenvalue weighted by Gasteiger charge is 2.24. The fraction of sp³-hybridized carbons (Fsp3) is 0.115. The summed E-state index contributed by atoms with van der Waals surface area (Å²) in [6.45, 7) is 1.79.